The first-order valence-electron chi connectivity index (χ1n) is 8.68. The molecule has 3 N–H and O–H groups in total. The van der Waals surface area contributed by atoms with Crippen LogP contribution in [0, 0.1) is 0 Å². The first kappa shape index (κ1) is 19.2. The maximum atomic E-state index is 12.5. The topological polar surface area (TPSA) is 102 Å². The highest BCUT2D eigenvalue weighted by Gasteiger charge is 2.25. The minimum absolute atomic E-state index is 0.109. The van der Waals surface area contributed by atoms with Crippen molar-refractivity contribution < 1.29 is 14.7 Å². The van der Waals surface area contributed by atoms with Gasteiger partial charge in [0, 0.05) is 43.7 Å². The fourth-order valence-corrected chi connectivity index (χ4v) is 3.18. The highest BCUT2D eigenvalue weighted by Crippen LogP contribution is 2.22. The van der Waals surface area contributed by atoms with Gasteiger partial charge in [0.25, 0.3) is 0 Å². The third kappa shape index (κ3) is 4.78. The van der Waals surface area contributed by atoms with Gasteiger partial charge < -0.3 is 20.2 Å². The Morgan fingerprint density at radius 3 is 2.63 bits per heavy atom. The second kappa shape index (κ2) is 8.41. The SMILES string of the molecule is CC(=O)N1CCN(C(=O)NCc2cn[nH]c2-c2ccc(Cl)cc2)C[C@H](O)C1. The number of H-pyrrole nitrogens is 1. The number of rotatable bonds is 3. The summed E-state index contributed by atoms with van der Waals surface area (Å²) in [6.45, 7) is 2.95. The van der Waals surface area contributed by atoms with Crippen LogP contribution in [0.25, 0.3) is 11.3 Å². The summed E-state index contributed by atoms with van der Waals surface area (Å²) in [5, 5.41) is 20.6. The number of amides is 3. The largest absolute Gasteiger partial charge is 0.389 e. The highest BCUT2D eigenvalue weighted by atomic mass is 35.5. The van der Waals surface area contributed by atoms with E-state index in [4.69, 9.17) is 11.6 Å². The van der Waals surface area contributed by atoms with Crippen LogP contribution in [0.3, 0.4) is 0 Å². The van der Waals surface area contributed by atoms with E-state index >= 15 is 0 Å². The van der Waals surface area contributed by atoms with Crippen molar-refractivity contribution in [3.8, 4) is 11.3 Å². The number of urea groups is 1. The fraction of sp³-hybridized carbons (Fsp3) is 0.389. The smallest absolute Gasteiger partial charge is 0.317 e. The molecule has 0 aliphatic carbocycles. The number of aromatic amines is 1. The number of nitrogens with one attached hydrogen (secondary N) is 2. The van der Waals surface area contributed by atoms with Crippen molar-refractivity contribution in [1.82, 2.24) is 25.3 Å². The standard InChI is InChI=1S/C18H22ClN5O3/c1-12(25)23-6-7-24(11-16(26)10-23)18(27)20-8-14-9-21-22-17(14)13-2-4-15(19)5-3-13/h2-5,9,16,26H,6-8,10-11H2,1H3,(H,20,27)(H,21,22)/t16-/m1/s1. The molecule has 144 valence electrons. The molecule has 1 atom stereocenters. The first-order chi connectivity index (χ1) is 12.9. The number of aliphatic hydroxyl groups excluding tert-OH is 1. The third-order valence-corrected chi connectivity index (χ3v) is 4.77. The van der Waals surface area contributed by atoms with Crippen LogP contribution in [0.5, 0.6) is 0 Å². The normalized spacial score (nSPS) is 17.5. The molecule has 27 heavy (non-hydrogen) atoms. The number of halogens is 1. The Bertz CT molecular complexity index is 808. The molecule has 1 aromatic carbocycles. The molecule has 0 radical (unpaired) electrons. The van der Waals surface area contributed by atoms with E-state index in [0.717, 1.165) is 16.8 Å². The maximum Gasteiger partial charge on any atom is 0.317 e. The minimum atomic E-state index is -0.763. The summed E-state index contributed by atoms with van der Waals surface area (Å²) >= 11 is 5.92. The predicted molar refractivity (Wildman–Crippen MR) is 101 cm³/mol. The summed E-state index contributed by atoms with van der Waals surface area (Å²) in [5.41, 5.74) is 2.57. The van der Waals surface area contributed by atoms with Gasteiger partial charge in [-0.2, -0.15) is 5.10 Å². The van der Waals surface area contributed by atoms with E-state index in [1.807, 2.05) is 12.1 Å². The molecule has 3 rings (SSSR count). The van der Waals surface area contributed by atoms with E-state index in [2.05, 4.69) is 15.5 Å². The van der Waals surface area contributed by atoms with Crippen LogP contribution in [-0.4, -0.2) is 69.3 Å². The second-order valence-electron chi connectivity index (χ2n) is 6.50. The summed E-state index contributed by atoms with van der Waals surface area (Å²) in [5.74, 6) is -0.109. The number of carbonyl (C=O) groups is 2. The van der Waals surface area contributed by atoms with Crippen LogP contribution in [0.1, 0.15) is 12.5 Å². The van der Waals surface area contributed by atoms with Crippen LogP contribution >= 0.6 is 11.6 Å². The number of carbonyl (C=O) groups excluding carboxylic acids is 2. The monoisotopic (exact) mass is 391 g/mol. The Balaban J connectivity index is 1.62. The molecule has 0 unspecified atom stereocenters. The van der Waals surface area contributed by atoms with E-state index in [-0.39, 0.29) is 31.6 Å². The van der Waals surface area contributed by atoms with Crippen molar-refractivity contribution in [2.75, 3.05) is 26.2 Å². The average Bonchev–Trinajstić information content (AvgIpc) is 3.01. The lowest BCUT2D eigenvalue weighted by Crippen LogP contribution is -2.43. The summed E-state index contributed by atoms with van der Waals surface area (Å²) < 4.78 is 0. The minimum Gasteiger partial charge on any atom is -0.389 e. The zero-order valence-electron chi connectivity index (χ0n) is 15.0. The van der Waals surface area contributed by atoms with Gasteiger partial charge in [0.2, 0.25) is 5.91 Å². The van der Waals surface area contributed by atoms with Crippen LogP contribution in [0.15, 0.2) is 30.5 Å². The molecular formula is C18H22ClN5O3. The third-order valence-electron chi connectivity index (χ3n) is 4.52. The van der Waals surface area contributed by atoms with E-state index < -0.39 is 6.10 Å². The molecule has 2 heterocycles. The number of hydrogen-bond donors (Lipinski definition) is 3. The van der Waals surface area contributed by atoms with Crippen molar-refractivity contribution in [3.05, 3.63) is 41.0 Å². The van der Waals surface area contributed by atoms with Crippen molar-refractivity contribution in [2.45, 2.75) is 19.6 Å². The molecule has 1 aliphatic heterocycles. The van der Waals surface area contributed by atoms with Crippen LogP contribution in [0.4, 0.5) is 4.79 Å². The molecule has 8 nitrogen and oxygen atoms in total. The van der Waals surface area contributed by atoms with Gasteiger partial charge in [-0.3, -0.25) is 9.89 Å². The van der Waals surface area contributed by atoms with Gasteiger partial charge in [-0.15, -0.1) is 0 Å². The molecule has 0 spiro atoms. The molecule has 1 aliphatic rings. The van der Waals surface area contributed by atoms with Crippen molar-refractivity contribution in [3.63, 3.8) is 0 Å². The Hall–Kier alpha value is -2.58. The number of hydrogen-bond acceptors (Lipinski definition) is 4. The molecule has 2 aromatic rings. The van der Waals surface area contributed by atoms with Gasteiger partial charge in [-0.25, -0.2) is 4.79 Å². The Kier molecular flexibility index (Phi) is 5.98. The Morgan fingerprint density at radius 2 is 1.93 bits per heavy atom. The van der Waals surface area contributed by atoms with Gasteiger partial charge in [-0.05, 0) is 17.7 Å². The second-order valence-corrected chi connectivity index (χ2v) is 6.94. The van der Waals surface area contributed by atoms with E-state index in [9.17, 15) is 14.7 Å². The van der Waals surface area contributed by atoms with Crippen LogP contribution in [-0.2, 0) is 11.3 Å². The molecule has 3 amide bonds. The van der Waals surface area contributed by atoms with Gasteiger partial charge in [-0.1, -0.05) is 23.7 Å². The molecular weight excluding hydrogens is 370 g/mol. The summed E-state index contributed by atoms with van der Waals surface area (Å²) in [6.07, 6.45) is 0.902. The summed E-state index contributed by atoms with van der Waals surface area (Å²) in [4.78, 5) is 27.1. The number of aromatic nitrogens is 2. The summed E-state index contributed by atoms with van der Waals surface area (Å²) in [6, 6.07) is 7.05. The number of benzene rings is 1. The van der Waals surface area contributed by atoms with E-state index in [1.165, 1.54) is 11.8 Å². The first-order valence-corrected chi connectivity index (χ1v) is 9.06. The zero-order valence-corrected chi connectivity index (χ0v) is 15.7. The zero-order chi connectivity index (χ0) is 19.4. The quantitative estimate of drug-likeness (QED) is 0.737. The summed E-state index contributed by atoms with van der Waals surface area (Å²) in [7, 11) is 0. The van der Waals surface area contributed by atoms with Gasteiger partial charge >= 0.3 is 6.03 Å². The van der Waals surface area contributed by atoms with Crippen molar-refractivity contribution in [1.29, 1.82) is 0 Å². The molecule has 9 heteroatoms. The lowest BCUT2D eigenvalue weighted by Gasteiger charge is -2.22. The Morgan fingerprint density at radius 1 is 1.26 bits per heavy atom. The molecule has 0 saturated carbocycles. The van der Waals surface area contributed by atoms with Crippen LogP contribution in [0.2, 0.25) is 5.02 Å². The van der Waals surface area contributed by atoms with Crippen molar-refractivity contribution in [2.24, 2.45) is 0 Å². The van der Waals surface area contributed by atoms with E-state index in [1.54, 1.807) is 23.2 Å². The Labute approximate surface area is 162 Å². The van der Waals surface area contributed by atoms with Crippen molar-refractivity contribution >= 4 is 23.5 Å². The van der Waals surface area contributed by atoms with Gasteiger partial charge in [0.1, 0.15) is 0 Å². The van der Waals surface area contributed by atoms with Gasteiger partial charge in [0.15, 0.2) is 0 Å². The predicted octanol–water partition coefficient (Wildman–Crippen LogP) is 1.46. The molecule has 1 fully saturated rings. The number of nitrogens with zero attached hydrogens (tertiary/aromatic N) is 3. The molecule has 0 bridgehead atoms. The lowest BCUT2D eigenvalue weighted by molar-refractivity contribution is -0.129. The molecule has 1 aromatic heterocycles. The average molecular weight is 392 g/mol. The van der Waals surface area contributed by atoms with Crippen LogP contribution < -0.4 is 5.32 Å². The molecule has 1 saturated heterocycles. The van der Waals surface area contributed by atoms with Gasteiger partial charge in [0.05, 0.1) is 24.5 Å². The maximum absolute atomic E-state index is 12.5. The number of aliphatic hydroxyl groups is 1. The fourth-order valence-electron chi connectivity index (χ4n) is 3.06. The number of β-amino-alcohol motifs (C(OH)–C–C–N with tert-alkyl or cyclic N) is 1. The highest BCUT2D eigenvalue weighted by molar-refractivity contribution is 6.30. The van der Waals surface area contributed by atoms with E-state index in [0.29, 0.717) is 18.1 Å². The lowest BCUT2D eigenvalue weighted by atomic mass is 10.1.